The minimum atomic E-state index is 0. The van der Waals surface area contributed by atoms with Crippen LogP contribution < -0.4 is 10.6 Å². The highest BCUT2D eigenvalue weighted by Crippen LogP contribution is 2.31. The second-order valence-corrected chi connectivity index (χ2v) is 7.45. The molecule has 1 amide bonds. The number of rotatable bonds is 4. The van der Waals surface area contributed by atoms with E-state index in [9.17, 15) is 4.79 Å². The largest absolute Gasteiger partial charge is 0.351 e. The van der Waals surface area contributed by atoms with Gasteiger partial charge in [0, 0.05) is 19.0 Å². The lowest BCUT2D eigenvalue weighted by Gasteiger charge is -2.22. The summed E-state index contributed by atoms with van der Waals surface area (Å²) in [6.45, 7) is 7.14. The van der Waals surface area contributed by atoms with Crippen molar-refractivity contribution in [1.29, 1.82) is 0 Å². The van der Waals surface area contributed by atoms with Gasteiger partial charge in [0.25, 0.3) is 5.91 Å². The van der Waals surface area contributed by atoms with Gasteiger partial charge in [-0.25, -0.2) is 0 Å². The van der Waals surface area contributed by atoms with E-state index in [2.05, 4.69) is 29.6 Å². The van der Waals surface area contributed by atoms with Gasteiger partial charge >= 0.3 is 0 Å². The van der Waals surface area contributed by atoms with Crippen LogP contribution in [0.4, 0.5) is 0 Å². The predicted molar refractivity (Wildman–Crippen MR) is 97.9 cm³/mol. The number of aryl methyl sites for hydroxylation is 1. The van der Waals surface area contributed by atoms with E-state index in [1.807, 2.05) is 17.8 Å². The van der Waals surface area contributed by atoms with E-state index < -0.39 is 0 Å². The number of amides is 1. The van der Waals surface area contributed by atoms with Crippen molar-refractivity contribution in [3.63, 3.8) is 0 Å². The van der Waals surface area contributed by atoms with Crippen LogP contribution >= 0.6 is 23.7 Å². The third-order valence-corrected chi connectivity index (χ3v) is 5.46. The Bertz CT molecular complexity index is 673. The number of carbonyl (C=O) groups is 1. The first-order valence-corrected chi connectivity index (χ1v) is 8.83. The molecular weight excluding hydrogens is 332 g/mol. The van der Waals surface area contributed by atoms with Crippen LogP contribution in [0.5, 0.6) is 0 Å². The van der Waals surface area contributed by atoms with Gasteiger partial charge in [-0.05, 0) is 43.8 Å². The maximum atomic E-state index is 12.4. The first-order chi connectivity index (χ1) is 10.6. The van der Waals surface area contributed by atoms with Crippen LogP contribution in [0.15, 0.2) is 6.07 Å². The number of thiophene rings is 1. The number of nitrogens with one attached hydrogen (secondary N) is 2. The normalized spacial score (nSPS) is 18.2. The lowest BCUT2D eigenvalue weighted by Crippen LogP contribution is -2.37. The van der Waals surface area contributed by atoms with E-state index in [1.165, 1.54) is 24.2 Å². The van der Waals surface area contributed by atoms with Crippen molar-refractivity contribution in [3.05, 3.63) is 16.6 Å². The van der Waals surface area contributed by atoms with Crippen LogP contribution in [0.3, 0.4) is 0 Å². The summed E-state index contributed by atoms with van der Waals surface area (Å²) >= 11 is 1.53. The molecule has 0 saturated carbocycles. The summed E-state index contributed by atoms with van der Waals surface area (Å²) in [6, 6.07) is 2.00. The number of fused-ring (bicyclic) bond motifs is 1. The lowest BCUT2D eigenvalue weighted by molar-refractivity contribution is 0.0949. The standard InChI is InChI=1S/C16H24N4OS.ClH/c1-10(2)14-12-7-13(22-16(12)20(3)19-14)15(21)18-9-11-5-4-6-17-8-11;/h7,10-11,17H,4-6,8-9H2,1-3H3,(H,18,21);1H. The quantitative estimate of drug-likeness (QED) is 0.885. The van der Waals surface area contributed by atoms with Gasteiger partial charge in [0.1, 0.15) is 4.83 Å². The molecule has 0 aromatic carbocycles. The van der Waals surface area contributed by atoms with E-state index in [4.69, 9.17) is 0 Å². The molecule has 2 aromatic heterocycles. The van der Waals surface area contributed by atoms with Gasteiger partial charge in [-0.3, -0.25) is 9.48 Å². The highest BCUT2D eigenvalue weighted by molar-refractivity contribution is 7.20. The van der Waals surface area contributed by atoms with Crippen LogP contribution in [0, 0.1) is 5.92 Å². The zero-order valence-corrected chi connectivity index (χ0v) is 15.5. The maximum Gasteiger partial charge on any atom is 0.261 e. The Balaban J connectivity index is 0.00000192. The van der Waals surface area contributed by atoms with Gasteiger partial charge in [0.2, 0.25) is 0 Å². The lowest BCUT2D eigenvalue weighted by atomic mass is 10.00. The van der Waals surface area contributed by atoms with Crippen LogP contribution in [0.2, 0.25) is 0 Å². The molecule has 2 N–H and O–H groups in total. The number of hydrogen-bond donors (Lipinski definition) is 2. The second kappa shape index (κ2) is 7.64. The number of hydrogen-bond acceptors (Lipinski definition) is 4. The predicted octanol–water partition coefficient (Wildman–Crippen LogP) is 2.91. The molecule has 0 bridgehead atoms. The molecule has 1 atom stereocenters. The molecule has 128 valence electrons. The topological polar surface area (TPSA) is 59.0 Å². The van der Waals surface area contributed by atoms with Crippen LogP contribution in [0.1, 0.15) is 48.0 Å². The highest BCUT2D eigenvalue weighted by atomic mass is 35.5. The zero-order chi connectivity index (χ0) is 15.7. The highest BCUT2D eigenvalue weighted by Gasteiger charge is 2.19. The van der Waals surface area contributed by atoms with E-state index in [-0.39, 0.29) is 18.3 Å². The van der Waals surface area contributed by atoms with Crippen molar-refractivity contribution in [3.8, 4) is 0 Å². The molecule has 1 aliphatic rings. The van der Waals surface area contributed by atoms with Gasteiger partial charge in [-0.1, -0.05) is 13.8 Å². The molecule has 2 aromatic rings. The summed E-state index contributed by atoms with van der Waals surface area (Å²) in [6.07, 6.45) is 2.40. The van der Waals surface area contributed by atoms with Gasteiger partial charge in [-0.15, -0.1) is 23.7 Å². The summed E-state index contributed by atoms with van der Waals surface area (Å²) in [5.41, 5.74) is 1.07. The summed E-state index contributed by atoms with van der Waals surface area (Å²) in [5.74, 6) is 0.962. The summed E-state index contributed by atoms with van der Waals surface area (Å²) < 4.78 is 1.89. The molecule has 1 fully saturated rings. The van der Waals surface area contributed by atoms with Crippen LogP contribution in [-0.2, 0) is 7.05 Å². The fourth-order valence-corrected chi connectivity index (χ4v) is 4.02. The molecule has 1 unspecified atom stereocenters. The van der Waals surface area contributed by atoms with Gasteiger partial charge in [0.15, 0.2) is 0 Å². The van der Waals surface area contributed by atoms with E-state index in [0.717, 1.165) is 40.4 Å². The monoisotopic (exact) mass is 356 g/mol. The third-order valence-electron chi connectivity index (χ3n) is 4.26. The molecule has 1 saturated heterocycles. The summed E-state index contributed by atoms with van der Waals surface area (Å²) in [4.78, 5) is 14.3. The molecule has 0 radical (unpaired) electrons. The maximum absolute atomic E-state index is 12.4. The van der Waals surface area contributed by atoms with Crippen molar-refractivity contribution in [1.82, 2.24) is 20.4 Å². The van der Waals surface area contributed by atoms with Crippen LogP contribution in [-0.4, -0.2) is 35.3 Å². The molecule has 7 heteroatoms. The average Bonchev–Trinajstić information content (AvgIpc) is 3.07. The Morgan fingerprint density at radius 1 is 1.57 bits per heavy atom. The van der Waals surface area contributed by atoms with E-state index >= 15 is 0 Å². The van der Waals surface area contributed by atoms with Gasteiger partial charge in [-0.2, -0.15) is 5.10 Å². The number of aromatic nitrogens is 2. The fourth-order valence-electron chi connectivity index (χ4n) is 3.03. The Labute approximate surface area is 147 Å². The first-order valence-electron chi connectivity index (χ1n) is 8.01. The number of carbonyl (C=O) groups excluding carboxylic acids is 1. The first kappa shape index (κ1) is 18.2. The molecule has 3 heterocycles. The van der Waals surface area contributed by atoms with E-state index in [0.29, 0.717) is 11.8 Å². The summed E-state index contributed by atoms with van der Waals surface area (Å²) in [7, 11) is 1.94. The molecule has 1 aliphatic heterocycles. The van der Waals surface area contributed by atoms with Crippen molar-refractivity contribution in [2.75, 3.05) is 19.6 Å². The van der Waals surface area contributed by atoms with Gasteiger partial charge in [0.05, 0.1) is 10.6 Å². The Morgan fingerprint density at radius 3 is 3.00 bits per heavy atom. The average molecular weight is 357 g/mol. The second-order valence-electron chi connectivity index (χ2n) is 6.42. The smallest absolute Gasteiger partial charge is 0.261 e. The molecule has 3 rings (SSSR count). The summed E-state index contributed by atoms with van der Waals surface area (Å²) in [5, 5.41) is 12.1. The number of piperidine rings is 1. The molecule has 0 spiro atoms. The third kappa shape index (κ3) is 3.87. The zero-order valence-electron chi connectivity index (χ0n) is 13.9. The molecule has 0 aliphatic carbocycles. The SMILES string of the molecule is CC(C)c1nn(C)c2sc(C(=O)NCC3CCCNC3)cc12.Cl. The van der Waals surface area contributed by atoms with Crippen molar-refractivity contribution >= 4 is 39.9 Å². The minimum Gasteiger partial charge on any atom is -0.351 e. The Morgan fingerprint density at radius 2 is 2.35 bits per heavy atom. The van der Waals surface area contributed by atoms with Crippen molar-refractivity contribution in [2.24, 2.45) is 13.0 Å². The van der Waals surface area contributed by atoms with Crippen molar-refractivity contribution < 1.29 is 4.79 Å². The van der Waals surface area contributed by atoms with Crippen LogP contribution in [0.25, 0.3) is 10.2 Å². The molecule has 5 nitrogen and oxygen atoms in total. The van der Waals surface area contributed by atoms with E-state index in [1.54, 1.807) is 0 Å². The Hall–Kier alpha value is -1.11. The Kier molecular flexibility index (Phi) is 6.06. The molecule has 23 heavy (non-hydrogen) atoms. The van der Waals surface area contributed by atoms with Crippen molar-refractivity contribution in [2.45, 2.75) is 32.6 Å². The minimum absolute atomic E-state index is 0. The molecular formula is C16H25ClN4OS. The van der Waals surface area contributed by atoms with Gasteiger partial charge < -0.3 is 10.6 Å². The fraction of sp³-hybridized carbons (Fsp3) is 0.625. The number of halogens is 1. The number of nitrogens with zero attached hydrogens (tertiary/aromatic N) is 2.